The summed E-state index contributed by atoms with van der Waals surface area (Å²) < 4.78 is 11.1. The molecule has 2 aromatic heterocycles. The summed E-state index contributed by atoms with van der Waals surface area (Å²) in [5, 5.41) is 4.43. The molecule has 0 spiro atoms. The lowest BCUT2D eigenvalue weighted by molar-refractivity contribution is 0.544. The van der Waals surface area contributed by atoms with Crippen molar-refractivity contribution in [3.8, 4) is 11.3 Å². The second kappa shape index (κ2) is 5.51. The number of aromatic nitrogens is 1. The van der Waals surface area contributed by atoms with Crippen LogP contribution in [0.3, 0.4) is 0 Å². The van der Waals surface area contributed by atoms with E-state index in [0.717, 1.165) is 34.5 Å². The Labute approximate surface area is 117 Å². The van der Waals surface area contributed by atoms with Crippen LogP contribution in [0.2, 0.25) is 0 Å². The number of oxazole rings is 1. The van der Waals surface area contributed by atoms with Gasteiger partial charge in [-0.15, -0.1) is 0 Å². The standard InChI is InChI=1S/C16H18N2O2/c1-11(2)7-17-8-14-16(20-10-18-14)13-9-19-15-6-4-3-5-12(13)15/h3-6,9-11,17H,7-8H2,1-2H3. The molecule has 3 aromatic rings. The van der Waals surface area contributed by atoms with Gasteiger partial charge in [0, 0.05) is 11.9 Å². The summed E-state index contributed by atoms with van der Waals surface area (Å²) in [6.45, 7) is 6.02. The van der Waals surface area contributed by atoms with Gasteiger partial charge in [0.1, 0.15) is 17.5 Å². The van der Waals surface area contributed by atoms with E-state index in [1.807, 2.05) is 24.3 Å². The number of benzene rings is 1. The smallest absolute Gasteiger partial charge is 0.181 e. The summed E-state index contributed by atoms with van der Waals surface area (Å²) in [4.78, 5) is 4.30. The predicted molar refractivity (Wildman–Crippen MR) is 78.3 cm³/mol. The summed E-state index contributed by atoms with van der Waals surface area (Å²) in [7, 11) is 0. The topological polar surface area (TPSA) is 51.2 Å². The van der Waals surface area contributed by atoms with Crippen molar-refractivity contribution in [3.05, 3.63) is 42.6 Å². The van der Waals surface area contributed by atoms with Gasteiger partial charge < -0.3 is 14.2 Å². The van der Waals surface area contributed by atoms with E-state index >= 15 is 0 Å². The third-order valence-corrected chi connectivity index (χ3v) is 3.21. The van der Waals surface area contributed by atoms with Crippen molar-refractivity contribution in [2.24, 2.45) is 5.92 Å². The second-order valence-electron chi connectivity index (χ2n) is 5.30. The van der Waals surface area contributed by atoms with Crippen molar-refractivity contribution < 1.29 is 8.83 Å². The fourth-order valence-electron chi connectivity index (χ4n) is 2.25. The van der Waals surface area contributed by atoms with Crippen molar-refractivity contribution in [2.75, 3.05) is 6.54 Å². The molecule has 0 aliphatic carbocycles. The molecule has 1 N–H and O–H groups in total. The third-order valence-electron chi connectivity index (χ3n) is 3.21. The van der Waals surface area contributed by atoms with Crippen LogP contribution in [0.5, 0.6) is 0 Å². The Morgan fingerprint density at radius 2 is 2.05 bits per heavy atom. The molecule has 0 fully saturated rings. The van der Waals surface area contributed by atoms with Gasteiger partial charge in [0.05, 0.1) is 5.56 Å². The number of rotatable bonds is 5. The van der Waals surface area contributed by atoms with E-state index in [4.69, 9.17) is 8.83 Å². The van der Waals surface area contributed by atoms with Gasteiger partial charge in [0.15, 0.2) is 12.2 Å². The monoisotopic (exact) mass is 270 g/mol. The zero-order chi connectivity index (χ0) is 13.9. The Bertz CT molecular complexity index is 697. The number of para-hydroxylation sites is 1. The quantitative estimate of drug-likeness (QED) is 0.765. The van der Waals surface area contributed by atoms with Gasteiger partial charge in [0.25, 0.3) is 0 Å². The van der Waals surface area contributed by atoms with E-state index < -0.39 is 0 Å². The minimum absolute atomic E-state index is 0.611. The lowest BCUT2D eigenvalue weighted by Gasteiger charge is -2.06. The molecule has 0 saturated carbocycles. The van der Waals surface area contributed by atoms with Crippen LogP contribution in [0.25, 0.3) is 22.3 Å². The maximum Gasteiger partial charge on any atom is 0.181 e. The Morgan fingerprint density at radius 3 is 2.90 bits per heavy atom. The van der Waals surface area contributed by atoms with E-state index in [9.17, 15) is 0 Å². The van der Waals surface area contributed by atoms with Crippen molar-refractivity contribution in [1.82, 2.24) is 10.3 Å². The average Bonchev–Trinajstić information content (AvgIpc) is 3.04. The van der Waals surface area contributed by atoms with Gasteiger partial charge >= 0.3 is 0 Å². The fourth-order valence-corrected chi connectivity index (χ4v) is 2.25. The second-order valence-corrected chi connectivity index (χ2v) is 5.30. The van der Waals surface area contributed by atoms with Crippen LogP contribution in [0.15, 0.2) is 45.8 Å². The number of hydrogen-bond acceptors (Lipinski definition) is 4. The normalized spacial score (nSPS) is 11.6. The highest BCUT2D eigenvalue weighted by Crippen LogP contribution is 2.32. The van der Waals surface area contributed by atoms with Crippen LogP contribution in [0.1, 0.15) is 19.5 Å². The van der Waals surface area contributed by atoms with Crippen LogP contribution in [-0.4, -0.2) is 11.5 Å². The van der Waals surface area contributed by atoms with Crippen molar-refractivity contribution in [2.45, 2.75) is 20.4 Å². The molecule has 4 heteroatoms. The Morgan fingerprint density at radius 1 is 1.20 bits per heavy atom. The van der Waals surface area contributed by atoms with Gasteiger partial charge in [-0.05, 0) is 18.5 Å². The summed E-state index contributed by atoms with van der Waals surface area (Å²) in [6, 6.07) is 7.93. The Hall–Kier alpha value is -2.07. The molecule has 0 radical (unpaired) electrons. The zero-order valence-corrected chi connectivity index (χ0v) is 11.7. The van der Waals surface area contributed by atoms with Crippen molar-refractivity contribution >= 4 is 11.0 Å². The Balaban J connectivity index is 1.89. The molecule has 2 heterocycles. The molecule has 104 valence electrons. The molecule has 0 bridgehead atoms. The molecule has 0 aliphatic heterocycles. The fraction of sp³-hybridized carbons (Fsp3) is 0.312. The molecule has 4 nitrogen and oxygen atoms in total. The molecule has 20 heavy (non-hydrogen) atoms. The molecular formula is C16H18N2O2. The number of hydrogen-bond donors (Lipinski definition) is 1. The summed E-state index contributed by atoms with van der Waals surface area (Å²) in [5.74, 6) is 1.39. The van der Waals surface area contributed by atoms with Gasteiger partial charge in [-0.3, -0.25) is 0 Å². The van der Waals surface area contributed by atoms with Crippen molar-refractivity contribution in [1.29, 1.82) is 0 Å². The summed E-state index contributed by atoms with van der Waals surface area (Å²) >= 11 is 0. The highest BCUT2D eigenvalue weighted by atomic mass is 16.3. The summed E-state index contributed by atoms with van der Waals surface area (Å²) in [5.41, 5.74) is 2.73. The van der Waals surface area contributed by atoms with E-state index in [-0.39, 0.29) is 0 Å². The highest BCUT2D eigenvalue weighted by molar-refractivity contribution is 5.92. The molecule has 3 rings (SSSR count). The molecule has 1 aromatic carbocycles. The lowest BCUT2D eigenvalue weighted by Crippen LogP contribution is -2.19. The predicted octanol–water partition coefficient (Wildman–Crippen LogP) is 3.83. The molecule has 0 unspecified atom stereocenters. The first kappa shape index (κ1) is 12.9. The number of furan rings is 1. The first-order chi connectivity index (χ1) is 9.75. The van der Waals surface area contributed by atoms with E-state index in [2.05, 4.69) is 24.1 Å². The summed E-state index contributed by atoms with van der Waals surface area (Å²) in [6.07, 6.45) is 3.22. The number of nitrogens with one attached hydrogen (secondary N) is 1. The Kier molecular flexibility index (Phi) is 3.56. The molecule has 0 saturated heterocycles. The number of fused-ring (bicyclic) bond motifs is 1. The van der Waals surface area contributed by atoms with E-state index in [1.54, 1.807) is 6.26 Å². The lowest BCUT2D eigenvalue weighted by atomic mass is 10.1. The van der Waals surface area contributed by atoms with Crippen LogP contribution in [-0.2, 0) is 6.54 Å². The van der Waals surface area contributed by atoms with E-state index in [1.165, 1.54) is 6.39 Å². The molecule has 0 atom stereocenters. The minimum Gasteiger partial charge on any atom is -0.464 e. The maximum absolute atomic E-state index is 5.56. The van der Waals surface area contributed by atoms with Crippen LogP contribution >= 0.6 is 0 Å². The van der Waals surface area contributed by atoms with Gasteiger partial charge in [0.2, 0.25) is 0 Å². The number of nitrogens with zero attached hydrogens (tertiary/aromatic N) is 1. The zero-order valence-electron chi connectivity index (χ0n) is 11.7. The largest absolute Gasteiger partial charge is 0.464 e. The third kappa shape index (κ3) is 2.47. The van der Waals surface area contributed by atoms with Gasteiger partial charge in [-0.1, -0.05) is 32.0 Å². The first-order valence-electron chi connectivity index (χ1n) is 6.85. The van der Waals surface area contributed by atoms with Crippen molar-refractivity contribution in [3.63, 3.8) is 0 Å². The molecular weight excluding hydrogens is 252 g/mol. The van der Waals surface area contributed by atoms with Gasteiger partial charge in [-0.25, -0.2) is 4.98 Å². The molecule has 0 aliphatic rings. The first-order valence-corrected chi connectivity index (χ1v) is 6.85. The maximum atomic E-state index is 5.56. The van der Waals surface area contributed by atoms with Crippen LogP contribution in [0.4, 0.5) is 0 Å². The average molecular weight is 270 g/mol. The van der Waals surface area contributed by atoms with Crippen LogP contribution < -0.4 is 5.32 Å². The highest BCUT2D eigenvalue weighted by Gasteiger charge is 2.15. The molecule has 0 amide bonds. The van der Waals surface area contributed by atoms with Gasteiger partial charge in [-0.2, -0.15) is 0 Å². The minimum atomic E-state index is 0.611. The van der Waals surface area contributed by atoms with Crippen LogP contribution in [0, 0.1) is 5.92 Å². The SMILES string of the molecule is CC(C)CNCc1ncoc1-c1coc2ccccc12. The van der Waals surface area contributed by atoms with E-state index in [0.29, 0.717) is 12.5 Å².